The van der Waals surface area contributed by atoms with Crippen LogP contribution in [0.2, 0.25) is 0 Å². The second kappa shape index (κ2) is 10.2. The SMILES string of the molecule is CCC(CC)COC(=O)O[C@]1(C(=O)OCF)[C@H](C)C[C@H]2[C@@H]3CC(F)=C4CC(=O)C=C[C@]4(C)[C@@]3(F)[C@@H](O)C[C@@]21C. The highest BCUT2D eigenvalue weighted by Crippen LogP contribution is 2.71. The van der Waals surface area contributed by atoms with Gasteiger partial charge in [0, 0.05) is 35.5 Å². The zero-order valence-electron chi connectivity index (χ0n) is 23.2. The van der Waals surface area contributed by atoms with Crippen LogP contribution in [0.1, 0.15) is 73.1 Å². The Hall–Kier alpha value is -2.36. The molecule has 0 aromatic rings. The predicted octanol–water partition coefficient (Wildman–Crippen LogP) is 5.70. The summed E-state index contributed by atoms with van der Waals surface area (Å²) in [6.07, 6.45) is 0.312. The number of aliphatic hydroxyl groups excluding tert-OH is 1. The molecule has 4 rings (SSSR count). The van der Waals surface area contributed by atoms with E-state index in [9.17, 15) is 23.9 Å². The van der Waals surface area contributed by atoms with Gasteiger partial charge in [-0.25, -0.2) is 22.8 Å². The molecule has 0 amide bonds. The smallest absolute Gasteiger partial charge is 0.434 e. The van der Waals surface area contributed by atoms with Crippen molar-refractivity contribution in [2.75, 3.05) is 13.5 Å². The maximum absolute atomic E-state index is 17.4. The first kappa shape index (κ1) is 29.6. The van der Waals surface area contributed by atoms with Crippen molar-refractivity contribution >= 4 is 17.9 Å². The van der Waals surface area contributed by atoms with Gasteiger partial charge in [-0.05, 0) is 43.3 Å². The molecule has 0 aliphatic heterocycles. The molecule has 8 atom stereocenters. The zero-order chi connectivity index (χ0) is 29.0. The standard InChI is InChI=1S/C29H39F3O7/c1-6-17(7-2)14-37-25(36)39-29(24(35)38-15-30)16(3)10-19-20-12-22(31)21-11-18(33)8-9-26(21,4)28(20,32)23(34)13-27(19,29)5/h8-9,16-17,19-20,23,34H,6-7,10-15H2,1-5H3/t16-,19+,20+,23+,26+,27+,28+,29+/m1/s1. The third-order valence-electron chi connectivity index (χ3n) is 10.5. The Morgan fingerprint density at radius 1 is 1.18 bits per heavy atom. The minimum absolute atomic E-state index is 0.0202. The van der Waals surface area contributed by atoms with Crippen molar-refractivity contribution in [3.63, 3.8) is 0 Å². The summed E-state index contributed by atoms with van der Waals surface area (Å²) in [6, 6.07) is 0. The number of allylic oxidation sites excluding steroid dienone is 4. The first-order valence-corrected chi connectivity index (χ1v) is 13.8. The Morgan fingerprint density at radius 3 is 2.46 bits per heavy atom. The molecular weight excluding hydrogens is 517 g/mol. The second-order valence-electron chi connectivity index (χ2n) is 12.1. The largest absolute Gasteiger partial charge is 0.509 e. The molecule has 0 unspecified atom stereocenters. The second-order valence-corrected chi connectivity index (χ2v) is 12.1. The monoisotopic (exact) mass is 556 g/mol. The van der Waals surface area contributed by atoms with Crippen LogP contribution < -0.4 is 0 Å². The maximum Gasteiger partial charge on any atom is 0.509 e. The minimum Gasteiger partial charge on any atom is -0.434 e. The number of ketones is 1. The fraction of sp³-hybridized carbons (Fsp3) is 0.759. The van der Waals surface area contributed by atoms with Gasteiger partial charge in [-0.2, -0.15) is 0 Å². The number of rotatable bonds is 7. The fourth-order valence-electron chi connectivity index (χ4n) is 8.22. The lowest BCUT2D eigenvalue weighted by molar-refractivity contribution is -0.230. The lowest BCUT2D eigenvalue weighted by Gasteiger charge is -2.62. The van der Waals surface area contributed by atoms with E-state index in [1.165, 1.54) is 19.1 Å². The van der Waals surface area contributed by atoms with E-state index in [-0.39, 0.29) is 49.6 Å². The van der Waals surface area contributed by atoms with Gasteiger partial charge in [0.1, 0.15) is 5.83 Å². The van der Waals surface area contributed by atoms with E-state index >= 15 is 8.78 Å². The van der Waals surface area contributed by atoms with E-state index in [4.69, 9.17) is 14.2 Å². The number of carbonyl (C=O) groups is 3. The molecule has 4 aliphatic rings. The van der Waals surface area contributed by atoms with Gasteiger partial charge < -0.3 is 19.3 Å². The van der Waals surface area contributed by atoms with Gasteiger partial charge in [-0.15, -0.1) is 0 Å². The van der Waals surface area contributed by atoms with Crippen LogP contribution in [0.5, 0.6) is 0 Å². The van der Waals surface area contributed by atoms with Gasteiger partial charge in [-0.1, -0.05) is 46.6 Å². The van der Waals surface area contributed by atoms with E-state index in [2.05, 4.69) is 0 Å². The molecule has 0 aromatic heterocycles. The van der Waals surface area contributed by atoms with Gasteiger partial charge >= 0.3 is 12.1 Å². The van der Waals surface area contributed by atoms with Gasteiger partial charge in [0.15, 0.2) is 11.5 Å². The number of carbonyl (C=O) groups excluding carboxylic acids is 3. The zero-order valence-corrected chi connectivity index (χ0v) is 23.2. The maximum atomic E-state index is 17.4. The van der Waals surface area contributed by atoms with E-state index in [1.54, 1.807) is 13.8 Å². The van der Waals surface area contributed by atoms with Crippen LogP contribution in [0.4, 0.5) is 18.0 Å². The molecule has 0 spiro atoms. The van der Waals surface area contributed by atoms with Gasteiger partial charge in [0.25, 0.3) is 0 Å². The number of esters is 1. The topological polar surface area (TPSA) is 99.1 Å². The van der Waals surface area contributed by atoms with Gasteiger partial charge in [-0.3, -0.25) is 4.79 Å². The molecule has 0 aromatic carbocycles. The van der Waals surface area contributed by atoms with Crippen LogP contribution in [-0.4, -0.2) is 53.9 Å². The highest BCUT2D eigenvalue weighted by atomic mass is 19.1. The summed E-state index contributed by atoms with van der Waals surface area (Å²) in [6.45, 7) is 7.15. The van der Waals surface area contributed by atoms with Crippen molar-refractivity contribution in [2.45, 2.75) is 90.5 Å². The summed E-state index contributed by atoms with van der Waals surface area (Å²) < 4.78 is 62.2. The first-order chi connectivity index (χ1) is 18.3. The summed E-state index contributed by atoms with van der Waals surface area (Å²) in [7, 11) is 0. The average Bonchev–Trinajstić information content (AvgIpc) is 3.10. The molecule has 10 heteroatoms. The number of fused-ring (bicyclic) bond motifs is 5. The van der Waals surface area contributed by atoms with E-state index in [1.807, 2.05) is 13.8 Å². The highest BCUT2D eigenvalue weighted by molar-refractivity contribution is 5.93. The molecule has 218 valence electrons. The van der Waals surface area contributed by atoms with Crippen molar-refractivity contribution in [1.29, 1.82) is 0 Å². The quantitative estimate of drug-likeness (QED) is 0.402. The van der Waals surface area contributed by atoms with Crippen LogP contribution in [-0.2, 0) is 23.8 Å². The number of halogens is 3. The van der Waals surface area contributed by atoms with Crippen LogP contribution in [0.3, 0.4) is 0 Å². The fourth-order valence-corrected chi connectivity index (χ4v) is 8.22. The Balaban J connectivity index is 1.78. The van der Waals surface area contributed by atoms with Gasteiger partial charge in [0.05, 0.1) is 12.7 Å². The van der Waals surface area contributed by atoms with Gasteiger partial charge in [0.2, 0.25) is 12.5 Å². The van der Waals surface area contributed by atoms with Crippen molar-refractivity contribution in [3.8, 4) is 0 Å². The number of alkyl halides is 2. The predicted molar refractivity (Wildman–Crippen MR) is 134 cm³/mol. The normalized spacial score (nSPS) is 41.1. The lowest BCUT2D eigenvalue weighted by atomic mass is 9.45. The van der Waals surface area contributed by atoms with Crippen molar-refractivity contribution in [2.24, 2.45) is 34.5 Å². The first-order valence-electron chi connectivity index (χ1n) is 13.8. The molecule has 0 saturated heterocycles. The Bertz CT molecular complexity index is 1090. The highest BCUT2D eigenvalue weighted by Gasteiger charge is 2.78. The average molecular weight is 557 g/mol. The van der Waals surface area contributed by atoms with Crippen LogP contribution >= 0.6 is 0 Å². The molecule has 39 heavy (non-hydrogen) atoms. The third-order valence-corrected chi connectivity index (χ3v) is 10.5. The van der Waals surface area contributed by atoms with Crippen LogP contribution in [0, 0.1) is 34.5 Å². The molecule has 2 fully saturated rings. The summed E-state index contributed by atoms with van der Waals surface area (Å²) in [5.41, 5.74) is -7.47. The van der Waals surface area contributed by atoms with Crippen molar-refractivity contribution in [1.82, 2.24) is 0 Å². The molecule has 0 bridgehead atoms. The molecule has 7 nitrogen and oxygen atoms in total. The molecule has 0 heterocycles. The molecule has 0 radical (unpaired) electrons. The molecule has 1 N–H and O–H groups in total. The Morgan fingerprint density at radius 2 is 1.85 bits per heavy atom. The van der Waals surface area contributed by atoms with Crippen molar-refractivity contribution < 1.29 is 46.9 Å². The molecule has 4 aliphatic carbocycles. The van der Waals surface area contributed by atoms with Crippen LogP contribution in [0.25, 0.3) is 0 Å². The summed E-state index contributed by atoms with van der Waals surface area (Å²) in [5.74, 6) is -4.71. The number of hydrogen-bond acceptors (Lipinski definition) is 7. The van der Waals surface area contributed by atoms with Crippen LogP contribution in [0.15, 0.2) is 23.6 Å². The molecule has 2 saturated carbocycles. The molecular formula is C29H39F3O7. The van der Waals surface area contributed by atoms with E-state index < -0.39 is 70.8 Å². The van der Waals surface area contributed by atoms with E-state index in [0.29, 0.717) is 0 Å². The van der Waals surface area contributed by atoms with E-state index in [0.717, 1.165) is 12.8 Å². The Labute approximate surface area is 227 Å². The summed E-state index contributed by atoms with van der Waals surface area (Å²) in [5, 5.41) is 11.5. The minimum atomic E-state index is -2.37. The number of ether oxygens (including phenoxy) is 3. The Kier molecular flexibility index (Phi) is 7.77. The lowest BCUT2D eigenvalue weighted by Crippen LogP contribution is -2.70. The summed E-state index contributed by atoms with van der Waals surface area (Å²) >= 11 is 0. The number of hydrogen-bond donors (Lipinski definition) is 1. The van der Waals surface area contributed by atoms with Crippen molar-refractivity contribution in [3.05, 3.63) is 23.6 Å². The summed E-state index contributed by atoms with van der Waals surface area (Å²) in [4.78, 5) is 38.5. The third kappa shape index (κ3) is 4.06. The number of aliphatic hydroxyl groups is 1.